The molecule has 0 aliphatic rings. The van der Waals surface area contributed by atoms with Crippen molar-refractivity contribution in [1.82, 2.24) is 9.29 Å². The molecule has 2 aromatic rings. The number of carboxylic acids is 1. The van der Waals surface area contributed by atoms with Crippen LogP contribution in [0.1, 0.15) is 6.42 Å². The molecule has 0 radical (unpaired) electrons. The zero-order chi connectivity index (χ0) is 14.0. The fourth-order valence-corrected chi connectivity index (χ4v) is 3.54. The van der Waals surface area contributed by atoms with Crippen LogP contribution < -0.4 is 0 Å². The summed E-state index contributed by atoms with van der Waals surface area (Å²) in [5, 5.41) is 8.58. The third kappa shape index (κ3) is 2.91. The number of aliphatic carboxylic acids is 1. The van der Waals surface area contributed by atoms with Gasteiger partial charge in [-0.25, -0.2) is 17.7 Å². The SMILES string of the molecule is CN(CCC(=O)O)S(=O)(=O)c1ccc2ncsc2c1. The van der Waals surface area contributed by atoms with Crippen LogP contribution in [-0.4, -0.2) is 42.4 Å². The van der Waals surface area contributed by atoms with E-state index in [0.717, 1.165) is 14.5 Å². The minimum atomic E-state index is -3.66. The Hall–Kier alpha value is -1.51. The van der Waals surface area contributed by atoms with Crippen molar-refractivity contribution in [2.75, 3.05) is 13.6 Å². The minimum Gasteiger partial charge on any atom is -0.481 e. The van der Waals surface area contributed by atoms with Crippen LogP contribution in [0.5, 0.6) is 0 Å². The molecule has 0 fully saturated rings. The molecular weight excluding hydrogens is 288 g/mol. The number of benzene rings is 1. The molecule has 1 aromatic heterocycles. The summed E-state index contributed by atoms with van der Waals surface area (Å²) in [5.41, 5.74) is 2.40. The summed E-state index contributed by atoms with van der Waals surface area (Å²) in [4.78, 5) is 14.7. The highest BCUT2D eigenvalue weighted by molar-refractivity contribution is 7.89. The van der Waals surface area contributed by atoms with Crippen LogP contribution >= 0.6 is 11.3 Å². The van der Waals surface area contributed by atoms with E-state index < -0.39 is 16.0 Å². The third-order valence-corrected chi connectivity index (χ3v) is 5.30. The molecule has 0 atom stereocenters. The molecule has 0 amide bonds. The van der Waals surface area contributed by atoms with Crippen LogP contribution in [0.2, 0.25) is 0 Å². The van der Waals surface area contributed by atoms with Gasteiger partial charge in [0.1, 0.15) is 0 Å². The Kier molecular flexibility index (Phi) is 3.83. The summed E-state index contributed by atoms with van der Waals surface area (Å²) in [7, 11) is -2.28. The van der Waals surface area contributed by atoms with Gasteiger partial charge in [0.15, 0.2) is 0 Å². The molecule has 102 valence electrons. The van der Waals surface area contributed by atoms with Crippen molar-refractivity contribution in [2.24, 2.45) is 0 Å². The molecule has 0 saturated heterocycles. The summed E-state index contributed by atoms with van der Waals surface area (Å²) in [5.74, 6) is -1.03. The van der Waals surface area contributed by atoms with Crippen LogP contribution in [0.4, 0.5) is 0 Å². The lowest BCUT2D eigenvalue weighted by atomic mass is 10.3. The highest BCUT2D eigenvalue weighted by atomic mass is 32.2. The number of nitrogens with zero attached hydrogens (tertiary/aromatic N) is 2. The summed E-state index contributed by atoms with van der Waals surface area (Å²) in [6.07, 6.45) is -0.224. The normalized spacial score (nSPS) is 12.1. The smallest absolute Gasteiger partial charge is 0.304 e. The van der Waals surface area contributed by atoms with Gasteiger partial charge in [-0.3, -0.25) is 4.79 Å². The Morgan fingerprint density at radius 3 is 2.89 bits per heavy atom. The number of carboxylic acid groups (broad SMARTS) is 1. The lowest BCUT2D eigenvalue weighted by Gasteiger charge is -2.16. The van der Waals surface area contributed by atoms with Gasteiger partial charge in [0, 0.05) is 13.6 Å². The Bertz CT molecular complexity index is 708. The maximum Gasteiger partial charge on any atom is 0.304 e. The van der Waals surface area contributed by atoms with Gasteiger partial charge in [-0.05, 0) is 18.2 Å². The van der Waals surface area contributed by atoms with Gasteiger partial charge >= 0.3 is 5.97 Å². The van der Waals surface area contributed by atoms with E-state index in [4.69, 9.17) is 5.11 Å². The van der Waals surface area contributed by atoms with Gasteiger partial charge in [-0.2, -0.15) is 0 Å². The van der Waals surface area contributed by atoms with Crippen LogP contribution in [0.3, 0.4) is 0 Å². The fraction of sp³-hybridized carbons (Fsp3) is 0.273. The molecule has 8 heteroatoms. The van der Waals surface area contributed by atoms with Gasteiger partial charge < -0.3 is 5.11 Å². The molecule has 0 bridgehead atoms. The standard InChI is InChI=1S/C11H12N2O4S2/c1-13(5-4-11(14)15)19(16,17)8-2-3-9-10(6-8)18-7-12-9/h2-3,6-7H,4-5H2,1H3,(H,14,15). The Morgan fingerprint density at radius 2 is 2.21 bits per heavy atom. The number of hydrogen-bond donors (Lipinski definition) is 1. The number of hydrogen-bond acceptors (Lipinski definition) is 5. The van der Waals surface area contributed by atoms with E-state index in [-0.39, 0.29) is 17.9 Å². The maximum absolute atomic E-state index is 12.2. The molecule has 19 heavy (non-hydrogen) atoms. The second kappa shape index (κ2) is 5.24. The molecule has 0 unspecified atom stereocenters. The summed E-state index contributed by atoms with van der Waals surface area (Å²) >= 11 is 1.36. The zero-order valence-electron chi connectivity index (χ0n) is 10.1. The number of thiazole rings is 1. The quantitative estimate of drug-likeness (QED) is 0.901. The zero-order valence-corrected chi connectivity index (χ0v) is 11.7. The van der Waals surface area contributed by atoms with Crippen LogP contribution in [0, 0.1) is 0 Å². The first-order chi connectivity index (χ1) is 8.91. The van der Waals surface area contributed by atoms with Crippen molar-refractivity contribution in [3.63, 3.8) is 0 Å². The summed E-state index contributed by atoms with van der Waals surface area (Å²) < 4.78 is 26.3. The molecule has 6 nitrogen and oxygen atoms in total. The Morgan fingerprint density at radius 1 is 1.47 bits per heavy atom. The Labute approximate surface area is 114 Å². The van der Waals surface area contributed by atoms with Gasteiger partial charge in [-0.15, -0.1) is 11.3 Å². The predicted molar refractivity (Wildman–Crippen MR) is 71.7 cm³/mol. The van der Waals surface area contributed by atoms with Crippen molar-refractivity contribution in [3.8, 4) is 0 Å². The second-order valence-electron chi connectivity index (χ2n) is 3.95. The van der Waals surface area contributed by atoms with Gasteiger partial charge in [0.25, 0.3) is 0 Å². The average molecular weight is 300 g/mol. The number of fused-ring (bicyclic) bond motifs is 1. The lowest BCUT2D eigenvalue weighted by Crippen LogP contribution is -2.29. The van der Waals surface area contributed by atoms with E-state index in [0.29, 0.717) is 0 Å². The average Bonchev–Trinajstić information content (AvgIpc) is 2.82. The van der Waals surface area contributed by atoms with Crippen molar-refractivity contribution >= 4 is 37.5 Å². The third-order valence-electron chi connectivity index (χ3n) is 2.65. The van der Waals surface area contributed by atoms with E-state index in [2.05, 4.69) is 4.98 Å². The highest BCUT2D eigenvalue weighted by Gasteiger charge is 2.21. The van der Waals surface area contributed by atoms with E-state index in [1.165, 1.54) is 24.5 Å². The topological polar surface area (TPSA) is 87.6 Å². The number of carbonyl (C=O) groups is 1. The monoisotopic (exact) mass is 300 g/mol. The first-order valence-electron chi connectivity index (χ1n) is 5.42. The minimum absolute atomic E-state index is 0.0571. The fourth-order valence-electron chi connectivity index (χ4n) is 1.55. The molecule has 2 rings (SSSR count). The van der Waals surface area contributed by atoms with Crippen LogP contribution in [0.15, 0.2) is 28.6 Å². The molecule has 1 aromatic carbocycles. The van der Waals surface area contributed by atoms with Crippen LogP contribution in [0.25, 0.3) is 10.2 Å². The summed E-state index contributed by atoms with van der Waals surface area (Å²) in [6.45, 7) is -0.0571. The molecule has 0 aliphatic heterocycles. The van der Waals surface area contributed by atoms with Crippen molar-refractivity contribution in [2.45, 2.75) is 11.3 Å². The van der Waals surface area contributed by atoms with Crippen molar-refractivity contribution in [1.29, 1.82) is 0 Å². The predicted octanol–water partition coefficient (Wildman–Crippen LogP) is 1.39. The summed E-state index contributed by atoms with van der Waals surface area (Å²) in [6, 6.07) is 4.68. The molecule has 0 spiro atoms. The van der Waals surface area contributed by atoms with E-state index in [1.54, 1.807) is 17.6 Å². The van der Waals surface area contributed by atoms with Crippen molar-refractivity contribution in [3.05, 3.63) is 23.7 Å². The largest absolute Gasteiger partial charge is 0.481 e. The first-order valence-corrected chi connectivity index (χ1v) is 7.74. The van der Waals surface area contributed by atoms with E-state index in [1.807, 2.05) is 0 Å². The molecule has 0 aliphatic carbocycles. The maximum atomic E-state index is 12.2. The van der Waals surface area contributed by atoms with E-state index >= 15 is 0 Å². The molecular formula is C11H12N2O4S2. The second-order valence-corrected chi connectivity index (χ2v) is 6.88. The molecule has 1 heterocycles. The number of aromatic nitrogens is 1. The lowest BCUT2D eigenvalue weighted by molar-refractivity contribution is -0.137. The number of rotatable bonds is 5. The molecule has 0 saturated carbocycles. The number of sulfonamides is 1. The van der Waals surface area contributed by atoms with Gasteiger partial charge in [-0.1, -0.05) is 0 Å². The van der Waals surface area contributed by atoms with Crippen molar-refractivity contribution < 1.29 is 18.3 Å². The van der Waals surface area contributed by atoms with Gasteiger partial charge in [0.2, 0.25) is 10.0 Å². The van der Waals surface area contributed by atoms with Crippen LogP contribution in [-0.2, 0) is 14.8 Å². The van der Waals surface area contributed by atoms with E-state index in [9.17, 15) is 13.2 Å². The highest BCUT2D eigenvalue weighted by Crippen LogP contribution is 2.23. The Balaban J connectivity index is 2.29. The molecule has 1 N–H and O–H groups in total. The van der Waals surface area contributed by atoms with Gasteiger partial charge in [0.05, 0.1) is 27.0 Å². The first kappa shape index (κ1) is 13.9.